The number of carbonyl (C=O) groups excluding carboxylic acids is 1. The van der Waals surface area contributed by atoms with E-state index < -0.39 is 15.9 Å². The van der Waals surface area contributed by atoms with E-state index in [0.29, 0.717) is 24.0 Å². The number of amides is 1. The summed E-state index contributed by atoms with van der Waals surface area (Å²) in [7, 11) is -3.80. The van der Waals surface area contributed by atoms with Gasteiger partial charge in [0.05, 0.1) is 16.8 Å². The van der Waals surface area contributed by atoms with Crippen LogP contribution in [0.5, 0.6) is 0 Å². The smallest absolute Gasteiger partial charge is 0.294 e. The summed E-state index contributed by atoms with van der Waals surface area (Å²) in [6.07, 6.45) is 9.16. The third kappa shape index (κ3) is 6.93. The lowest BCUT2D eigenvalue weighted by Gasteiger charge is -2.25. The van der Waals surface area contributed by atoms with Gasteiger partial charge >= 0.3 is 0 Å². The summed E-state index contributed by atoms with van der Waals surface area (Å²) >= 11 is 0. The van der Waals surface area contributed by atoms with E-state index in [2.05, 4.69) is 27.4 Å². The Morgan fingerprint density at radius 1 is 1.06 bits per heavy atom. The molecule has 0 spiro atoms. The Morgan fingerprint density at radius 2 is 1.80 bits per heavy atom. The molecule has 35 heavy (non-hydrogen) atoms. The van der Waals surface area contributed by atoms with Gasteiger partial charge in [0, 0.05) is 24.3 Å². The second-order valence-electron chi connectivity index (χ2n) is 9.14. The minimum absolute atomic E-state index is 0.0710. The Hall–Kier alpha value is -3.17. The molecule has 3 aromatic rings. The Balaban J connectivity index is 1.37. The van der Waals surface area contributed by atoms with Crippen LogP contribution in [0, 0.1) is 5.92 Å². The lowest BCUT2D eigenvalue weighted by molar-refractivity contribution is 0.0988. The number of para-hydroxylation sites is 1. The third-order valence-electron chi connectivity index (χ3n) is 6.40. The summed E-state index contributed by atoms with van der Waals surface area (Å²) in [6, 6.07) is 15.2. The molecule has 1 aliphatic carbocycles. The van der Waals surface area contributed by atoms with Crippen LogP contribution in [0.3, 0.4) is 0 Å². The molecule has 186 valence electrons. The first-order valence-corrected chi connectivity index (χ1v) is 13.6. The first-order valence-electron chi connectivity index (χ1n) is 12.1. The summed E-state index contributed by atoms with van der Waals surface area (Å²) in [6.45, 7) is 2.78. The second kappa shape index (κ2) is 11.5. The van der Waals surface area contributed by atoms with E-state index in [0.717, 1.165) is 17.9 Å². The minimum Gasteiger partial charge on any atom is -0.351 e. The number of anilines is 2. The van der Waals surface area contributed by atoms with Crippen molar-refractivity contribution in [2.45, 2.75) is 62.9 Å². The minimum atomic E-state index is -3.80. The first kappa shape index (κ1) is 24.9. The molecule has 1 atom stereocenters. The summed E-state index contributed by atoms with van der Waals surface area (Å²) in [5.74, 6) is 0.389. The highest BCUT2D eigenvalue weighted by atomic mass is 32.2. The van der Waals surface area contributed by atoms with Crippen molar-refractivity contribution in [3.05, 3.63) is 72.1 Å². The molecule has 2 aromatic carbocycles. The zero-order chi connectivity index (χ0) is 24.7. The quantitative estimate of drug-likeness (QED) is 0.357. The standard InChI is InChI=1S/C26H32N4O4S/c1-19(17-20-7-3-2-4-8-20)27-18-21-9-5-6-10-24(21)30-35(32,33)23-13-11-22(12-14-23)29-26(31)25-15-16-28-34-25/h5-6,9-16,19-20,27,30H,2-4,7-8,17-18H2,1H3,(H,29,31)/t19-/m0/s1. The van der Waals surface area contributed by atoms with Crippen LogP contribution in [0.25, 0.3) is 0 Å². The van der Waals surface area contributed by atoms with Crippen molar-refractivity contribution < 1.29 is 17.7 Å². The maximum Gasteiger partial charge on any atom is 0.294 e. The average Bonchev–Trinajstić information content (AvgIpc) is 3.40. The van der Waals surface area contributed by atoms with Crippen molar-refractivity contribution in [3.8, 4) is 0 Å². The predicted molar refractivity (Wildman–Crippen MR) is 136 cm³/mol. The maximum atomic E-state index is 13.0. The van der Waals surface area contributed by atoms with Crippen molar-refractivity contribution in [2.75, 3.05) is 10.0 Å². The molecule has 1 fully saturated rings. The number of aromatic nitrogens is 1. The van der Waals surface area contributed by atoms with E-state index in [1.165, 1.54) is 68.6 Å². The molecule has 1 aromatic heterocycles. The van der Waals surface area contributed by atoms with Gasteiger partial charge in [0.1, 0.15) is 0 Å². The number of nitrogens with one attached hydrogen (secondary N) is 3. The number of carbonyl (C=O) groups is 1. The van der Waals surface area contributed by atoms with E-state index in [4.69, 9.17) is 4.52 Å². The largest absolute Gasteiger partial charge is 0.351 e. The molecule has 4 rings (SSSR count). The van der Waals surface area contributed by atoms with Gasteiger partial charge in [-0.25, -0.2) is 8.42 Å². The van der Waals surface area contributed by atoms with Crippen molar-refractivity contribution >= 4 is 27.3 Å². The van der Waals surface area contributed by atoms with Gasteiger partial charge in [-0.15, -0.1) is 0 Å². The van der Waals surface area contributed by atoms with E-state index >= 15 is 0 Å². The zero-order valence-electron chi connectivity index (χ0n) is 19.9. The van der Waals surface area contributed by atoms with Gasteiger partial charge in [-0.05, 0) is 55.2 Å². The SMILES string of the molecule is C[C@@H](CC1CCCCC1)NCc1ccccc1NS(=O)(=O)c1ccc(NC(=O)c2ccno2)cc1. The molecule has 1 aliphatic rings. The van der Waals surface area contributed by atoms with Gasteiger partial charge in [0.25, 0.3) is 15.9 Å². The summed E-state index contributed by atoms with van der Waals surface area (Å²) in [5, 5.41) is 9.70. The number of sulfonamides is 1. The number of benzene rings is 2. The van der Waals surface area contributed by atoms with E-state index in [1.54, 1.807) is 6.07 Å². The van der Waals surface area contributed by atoms with Gasteiger partial charge in [-0.3, -0.25) is 9.52 Å². The fraction of sp³-hybridized carbons (Fsp3) is 0.385. The normalized spacial score (nSPS) is 15.5. The molecule has 9 heteroatoms. The molecule has 0 unspecified atom stereocenters. The average molecular weight is 497 g/mol. The fourth-order valence-corrected chi connectivity index (χ4v) is 5.61. The molecular weight excluding hydrogens is 464 g/mol. The van der Waals surface area contributed by atoms with Crippen LogP contribution in [0.15, 0.2) is 70.2 Å². The molecule has 0 saturated heterocycles. The van der Waals surface area contributed by atoms with Gasteiger partial charge in [0.15, 0.2) is 0 Å². The summed E-state index contributed by atoms with van der Waals surface area (Å²) in [5.41, 5.74) is 1.89. The Labute approximate surface area is 206 Å². The lowest BCUT2D eigenvalue weighted by atomic mass is 9.85. The van der Waals surface area contributed by atoms with E-state index in [1.807, 2.05) is 18.2 Å². The molecule has 8 nitrogen and oxygen atoms in total. The number of hydrogen-bond acceptors (Lipinski definition) is 6. The maximum absolute atomic E-state index is 13.0. The Morgan fingerprint density at radius 3 is 2.51 bits per heavy atom. The van der Waals surface area contributed by atoms with Gasteiger partial charge in [-0.1, -0.05) is 55.5 Å². The lowest BCUT2D eigenvalue weighted by Crippen LogP contribution is -2.29. The third-order valence-corrected chi connectivity index (χ3v) is 7.78. The summed E-state index contributed by atoms with van der Waals surface area (Å²) in [4.78, 5) is 12.2. The number of rotatable bonds is 10. The van der Waals surface area contributed by atoms with Crippen molar-refractivity contribution in [1.82, 2.24) is 10.5 Å². The summed E-state index contributed by atoms with van der Waals surface area (Å²) < 4.78 is 33.6. The van der Waals surface area contributed by atoms with Crippen LogP contribution in [0.4, 0.5) is 11.4 Å². The Kier molecular flexibility index (Phi) is 8.20. The molecule has 0 radical (unpaired) electrons. The van der Waals surface area contributed by atoms with Crippen molar-refractivity contribution in [1.29, 1.82) is 0 Å². The van der Waals surface area contributed by atoms with Crippen molar-refractivity contribution in [2.24, 2.45) is 5.92 Å². The molecule has 1 amide bonds. The highest BCUT2D eigenvalue weighted by molar-refractivity contribution is 7.92. The fourth-order valence-electron chi connectivity index (χ4n) is 4.51. The zero-order valence-corrected chi connectivity index (χ0v) is 20.7. The highest BCUT2D eigenvalue weighted by Gasteiger charge is 2.19. The van der Waals surface area contributed by atoms with Crippen LogP contribution in [0.2, 0.25) is 0 Å². The molecule has 1 saturated carbocycles. The topological polar surface area (TPSA) is 113 Å². The van der Waals surface area contributed by atoms with Crippen LogP contribution >= 0.6 is 0 Å². The van der Waals surface area contributed by atoms with Gasteiger partial charge in [0.2, 0.25) is 5.76 Å². The van der Waals surface area contributed by atoms with Gasteiger partial charge < -0.3 is 15.2 Å². The monoisotopic (exact) mass is 496 g/mol. The van der Waals surface area contributed by atoms with Crippen LogP contribution in [0.1, 0.15) is 61.6 Å². The van der Waals surface area contributed by atoms with Crippen LogP contribution < -0.4 is 15.4 Å². The number of nitrogens with zero attached hydrogens (tertiary/aromatic N) is 1. The first-order chi connectivity index (χ1) is 16.9. The Bertz CT molecular complexity index is 1200. The van der Waals surface area contributed by atoms with Crippen molar-refractivity contribution in [3.63, 3.8) is 0 Å². The molecule has 0 aliphatic heterocycles. The van der Waals surface area contributed by atoms with Gasteiger partial charge in [-0.2, -0.15) is 0 Å². The number of hydrogen-bond donors (Lipinski definition) is 3. The van der Waals surface area contributed by atoms with E-state index in [9.17, 15) is 13.2 Å². The highest BCUT2D eigenvalue weighted by Crippen LogP contribution is 2.27. The second-order valence-corrected chi connectivity index (χ2v) is 10.8. The van der Waals surface area contributed by atoms with Crippen LogP contribution in [-0.2, 0) is 16.6 Å². The van der Waals surface area contributed by atoms with E-state index in [-0.39, 0.29) is 10.7 Å². The molecule has 1 heterocycles. The predicted octanol–water partition coefficient (Wildman–Crippen LogP) is 5.18. The molecule has 0 bridgehead atoms. The van der Waals surface area contributed by atoms with Crippen LogP contribution in [-0.4, -0.2) is 25.5 Å². The molecule has 3 N–H and O–H groups in total. The molecular formula is C26H32N4O4S.